The van der Waals surface area contributed by atoms with Crippen LogP contribution in [0.5, 0.6) is 11.5 Å². The van der Waals surface area contributed by atoms with Gasteiger partial charge < -0.3 is 24.4 Å². The molecule has 0 radical (unpaired) electrons. The largest absolute Gasteiger partial charge is 0.573 e. The molecule has 176 valence electrons. The highest BCUT2D eigenvalue weighted by atomic mass is 19.4. The average Bonchev–Trinajstić information content (AvgIpc) is 3.15. The number of anilines is 2. The van der Waals surface area contributed by atoms with Crippen LogP contribution in [-0.2, 0) is 19.1 Å². The zero-order valence-electron chi connectivity index (χ0n) is 17.6. The number of nitrogens with zero attached hydrogens (tertiary/aromatic N) is 1. The molecule has 1 heterocycles. The Labute approximate surface area is 187 Å². The van der Waals surface area contributed by atoms with Crippen molar-refractivity contribution in [2.24, 2.45) is 5.92 Å². The summed E-state index contributed by atoms with van der Waals surface area (Å²) in [4.78, 5) is 38.1. The van der Waals surface area contributed by atoms with Gasteiger partial charge in [0.25, 0.3) is 5.91 Å². The van der Waals surface area contributed by atoms with Crippen LogP contribution in [0.15, 0.2) is 48.5 Å². The van der Waals surface area contributed by atoms with Crippen LogP contribution in [-0.4, -0.2) is 43.9 Å². The lowest BCUT2D eigenvalue weighted by Gasteiger charge is -2.17. The molecule has 0 bridgehead atoms. The lowest BCUT2D eigenvalue weighted by molar-refractivity contribution is -0.274. The van der Waals surface area contributed by atoms with E-state index in [1.54, 1.807) is 24.3 Å². The number of hydrogen-bond acceptors (Lipinski definition) is 6. The van der Waals surface area contributed by atoms with E-state index >= 15 is 0 Å². The third-order valence-electron chi connectivity index (χ3n) is 4.63. The van der Waals surface area contributed by atoms with E-state index in [1.807, 2.05) is 6.92 Å². The Morgan fingerprint density at radius 1 is 1.06 bits per heavy atom. The SMILES string of the molecule is CCOc1ccc(N2CC(C(=O)OCC(=O)Nc3ccc(OC(F)(F)F)cc3)CC2=O)cc1. The highest BCUT2D eigenvalue weighted by Crippen LogP contribution is 2.28. The van der Waals surface area contributed by atoms with Gasteiger partial charge in [-0.2, -0.15) is 0 Å². The third-order valence-corrected chi connectivity index (χ3v) is 4.63. The monoisotopic (exact) mass is 466 g/mol. The second-order valence-electron chi connectivity index (χ2n) is 7.06. The molecular weight excluding hydrogens is 445 g/mol. The van der Waals surface area contributed by atoms with Gasteiger partial charge in [-0.3, -0.25) is 14.4 Å². The highest BCUT2D eigenvalue weighted by Gasteiger charge is 2.36. The summed E-state index contributed by atoms with van der Waals surface area (Å²) in [5, 5.41) is 2.39. The molecule has 1 aliphatic heterocycles. The maximum atomic E-state index is 12.3. The average molecular weight is 466 g/mol. The van der Waals surface area contributed by atoms with Crippen molar-refractivity contribution in [1.82, 2.24) is 0 Å². The predicted molar refractivity (Wildman–Crippen MR) is 111 cm³/mol. The van der Waals surface area contributed by atoms with Gasteiger partial charge in [-0.15, -0.1) is 13.2 Å². The number of benzene rings is 2. The van der Waals surface area contributed by atoms with Gasteiger partial charge >= 0.3 is 12.3 Å². The fraction of sp³-hybridized carbons (Fsp3) is 0.318. The van der Waals surface area contributed by atoms with Crippen molar-refractivity contribution >= 4 is 29.2 Å². The van der Waals surface area contributed by atoms with Gasteiger partial charge in [-0.1, -0.05) is 0 Å². The number of rotatable bonds is 8. The molecular formula is C22H21F3N2O6. The third kappa shape index (κ3) is 6.86. The van der Waals surface area contributed by atoms with Gasteiger partial charge in [-0.05, 0) is 55.5 Å². The summed E-state index contributed by atoms with van der Waals surface area (Å²) in [5.74, 6) is -2.11. The molecule has 3 rings (SSSR count). The molecule has 2 aromatic carbocycles. The zero-order chi connectivity index (χ0) is 24.0. The van der Waals surface area contributed by atoms with Crippen molar-refractivity contribution in [3.05, 3.63) is 48.5 Å². The molecule has 1 fully saturated rings. The first-order valence-corrected chi connectivity index (χ1v) is 10.00. The number of nitrogens with one attached hydrogen (secondary N) is 1. The van der Waals surface area contributed by atoms with Crippen LogP contribution >= 0.6 is 0 Å². The summed E-state index contributed by atoms with van der Waals surface area (Å²) in [5.41, 5.74) is 0.817. The smallest absolute Gasteiger partial charge is 0.494 e. The topological polar surface area (TPSA) is 94.2 Å². The van der Waals surface area contributed by atoms with Gasteiger partial charge in [0.05, 0.1) is 12.5 Å². The quantitative estimate of drug-likeness (QED) is 0.599. The summed E-state index contributed by atoms with van der Waals surface area (Å²) < 4.78 is 50.6. The van der Waals surface area contributed by atoms with Crippen LogP contribution in [0.25, 0.3) is 0 Å². The zero-order valence-corrected chi connectivity index (χ0v) is 17.6. The summed E-state index contributed by atoms with van der Waals surface area (Å²) in [6.07, 6.45) is -4.86. The first kappa shape index (κ1) is 23.9. The molecule has 1 N–H and O–H groups in total. The Balaban J connectivity index is 1.47. The van der Waals surface area contributed by atoms with Gasteiger partial charge in [0, 0.05) is 24.3 Å². The maximum absolute atomic E-state index is 12.3. The summed E-state index contributed by atoms with van der Waals surface area (Å²) in [7, 11) is 0. The van der Waals surface area contributed by atoms with E-state index in [4.69, 9.17) is 9.47 Å². The molecule has 0 saturated carbocycles. The van der Waals surface area contributed by atoms with Crippen molar-refractivity contribution < 1.29 is 41.8 Å². The summed E-state index contributed by atoms with van der Waals surface area (Å²) >= 11 is 0. The number of hydrogen-bond donors (Lipinski definition) is 1. The molecule has 1 aliphatic rings. The first-order chi connectivity index (χ1) is 15.6. The van der Waals surface area contributed by atoms with Crippen molar-refractivity contribution in [2.45, 2.75) is 19.7 Å². The van der Waals surface area contributed by atoms with Crippen molar-refractivity contribution in [3.63, 3.8) is 0 Å². The van der Waals surface area contributed by atoms with Crippen LogP contribution in [0.4, 0.5) is 24.5 Å². The van der Waals surface area contributed by atoms with E-state index in [2.05, 4.69) is 10.1 Å². The Hall–Kier alpha value is -3.76. The first-order valence-electron chi connectivity index (χ1n) is 10.00. The number of halogens is 3. The van der Waals surface area contributed by atoms with Crippen molar-refractivity contribution in [2.75, 3.05) is 30.0 Å². The number of alkyl halides is 3. The minimum Gasteiger partial charge on any atom is -0.494 e. The molecule has 11 heteroatoms. The maximum Gasteiger partial charge on any atom is 0.573 e. The van der Waals surface area contributed by atoms with Crippen LogP contribution in [0.1, 0.15) is 13.3 Å². The molecule has 2 amide bonds. The number of carbonyl (C=O) groups excluding carboxylic acids is 3. The van der Waals surface area contributed by atoms with E-state index in [9.17, 15) is 27.6 Å². The van der Waals surface area contributed by atoms with Crippen LogP contribution in [0, 0.1) is 5.92 Å². The van der Waals surface area contributed by atoms with E-state index in [0.717, 1.165) is 12.1 Å². The van der Waals surface area contributed by atoms with Gasteiger partial charge in [0.2, 0.25) is 5.91 Å². The normalized spacial score (nSPS) is 15.8. The second-order valence-corrected chi connectivity index (χ2v) is 7.06. The number of carbonyl (C=O) groups is 3. The molecule has 33 heavy (non-hydrogen) atoms. The van der Waals surface area contributed by atoms with E-state index in [0.29, 0.717) is 18.0 Å². The fourth-order valence-corrected chi connectivity index (χ4v) is 3.20. The van der Waals surface area contributed by atoms with Crippen molar-refractivity contribution in [3.8, 4) is 11.5 Å². The van der Waals surface area contributed by atoms with Crippen LogP contribution < -0.4 is 19.7 Å². The molecule has 0 aromatic heterocycles. The Morgan fingerprint density at radius 3 is 2.30 bits per heavy atom. The van der Waals surface area contributed by atoms with Gasteiger partial charge in [-0.25, -0.2) is 0 Å². The fourth-order valence-electron chi connectivity index (χ4n) is 3.20. The molecule has 1 unspecified atom stereocenters. The molecule has 1 atom stereocenters. The molecule has 2 aromatic rings. The number of ether oxygens (including phenoxy) is 3. The number of esters is 1. The Morgan fingerprint density at radius 2 is 1.70 bits per heavy atom. The Bertz CT molecular complexity index is 993. The van der Waals surface area contributed by atoms with Crippen molar-refractivity contribution in [1.29, 1.82) is 0 Å². The second kappa shape index (κ2) is 10.2. The summed E-state index contributed by atoms with van der Waals surface area (Å²) in [6, 6.07) is 11.4. The predicted octanol–water partition coefficient (Wildman–Crippen LogP) is 3.52. The summed E-state index contributed by atoms with van der Waals surface area (Å²) in [6.45, 7) is 1.89. The molecule has 0 aliphatic carbocycles. The highest BCUT2D eigenvalue weighted by molar-refractivity contribution is 6.00. The standard InChI is InChI=1S/C22H21F3N2O6/c1-2-31-17-9-5-16(6-10-17)27-12-14(11-20(27)29)21(30)32-13-19(28)26-15-3-7-18(8-4-15)33-22(23,24)25/h3-10,14H,2,11-13H2,1H3,(H,26,28). The lowest BCUT2D eigenvalue weighted by atomic mass is 10.1. The van der Waals surface area contributed by atoms with E-state index < -0.39 is 36.5 Å². The lowest BCUT2D eigenvalue weighted by Crippen LogP contribution is -2.28. The molecule has 8 nitrogen and oxygen atoms in total. The minimum atomic E-state index is -4.82. The molecule has 1 saturated heterocycles. The minimum absolute atomic E-state index is 0.0473. The van der Waals surface area contributed by atoms with Gasteiger partial charge in [0.1, 0.15) is 11.5 Å². The Kier molecular flexibility index (Phi) is 7.41. The van der Waals surface area contributed by atoms with Gasteiger partial charge in [0.15, 0.2) is 6.61 Å². The molecule has 0 spiro atoms. The van der Waals surface area contributed by atoms with Crippen LogP contribution in [0.2, 0.25) is 0 Å². The van der Waals surface area contributed by atoms with E-state index in [-0.39, 0.29) is 24.6 Å². The van der Waals surface area contributed by atoms with Crippen LogP contribution in [0.3, 0.4) is 0 Å². The number of amides is 2. The van der Waals surface area contributed by atoms with E-state index in [1.165, 1.54) is 17.0 Å².